The number of hydrogen-bond acceptors (Lipinski definition) is 4. The molecule has 0 saturated carbocycles. The SMILES string of the molecule is C/C=S1/N=C(c2c(O)c3ccccc3[nH]c2=O)Nc2ccccc21. The second-order valence-electron chi connectivity index (χ2n) is 5.33. The zero-order valence-electron chi connectivity index (χ0n) is 12.9. The number of para-hydroxylation sites is 2. The Morgan fingerprint density at radius 2 is 1.88 bits per heavy atom. The number of nitrogens with zero attached hydrogens (tertiary/aromatic N) is 1. The number of rotatable bonds is 1. The first-order valence-electron chi connectivity index (χ1n) is 7.51. The molecule has 24 heavy (non-hydrogen) atoms. The highest BCUT2D eigenvalue weighted by Crippen LogP contribution is 2.39. The van der Waals surface area contributed by atoms with Gasteiger partial charge in [0, 0.05) is 10.3 Å². The van der Waals surface area contributed by atoms with Gasteiger partial charge >= 0.3 is 0 Å². The molecule has 0 fully saturated rings. The summed E-state index contributed by atoms with van der Waals surface area (Å²) in [5, 5.41) is 16.4. The van der Waals surface area contributed by atoms with Crippen LogP contribution in [-0.4, -0.2) is 21.3 Å². The van der Waals surface area contributed by atoms with E-state index in [4.69, 9.17) is 0 Å². The molecule has 1 aliphatic heterocycles. The van der Waals surface area contributed by atoms with E-state index in [-0.39, 0.29) is 16.9 Å². The van der Waals surface area contributed by atoms with Gasteiger partial charge < -0.3 is 15.4 Å². The first-order valence-corrected chi connectivity index (χ1v) is 8.75. The van der Waals surface area contributed by atoms with E-state index in [0.717, 1.165) is 10.6 Å². The molecule has 0 bridgehead atoms. The molecule has 1 aromatic heterocycles. The molecule has 2 heterocycles. The summed E-state index contributed by atoms with van der Waals surface area (Å²) in [7, 11) is -0.471. The van der Waals surface area contributed by atoms with E-state index < -0.39 is 10.7 Å². The number of anilines is 1. The number of nitrogens with one attached hydrogen (secondary N) is 2. The monoisotopic (exact) mass is 337 g/mol. The van der Waals surface area contributed by atoms with Crippen molar-refractivity contribution in [3.63, 3.8) is 0 Å². The lowest BCUT2D eigenvalue weighted by atomic mass is 10.1. The Kier molecular flexibility index (Phi) is 3.46. The lowest BCUT2D eigenvalue weighted by Crippen LogP contribution is -2.26. The van der Waals surface area contributed by atoms with E-state index in [1.807, 2.05) is 48.7 Å². The first kappa shape index (κ1) is 14.7. The van der Waals surface area contributed by atoms with E-state index in [1.165, 1.54) is 0 Å². The van der Waals surface area contributed by atoms with Crippen LogP contribution in [-0.2, 0) is 0 Å². The summed E-state index contributed by atoms with van der Waals surface area (Å²) >= 11 is 0. The Morgan fingerprint density at radius 1 is 1.12 bits per heavy atom. The molecular weight excluding hydrogens is 322 g/mol. The molecule has 0 amide bonds. The van der Waals surface area contributed by atoms with Crippen molar-refractivity contribution in [2.45, 2.75) is 11.8 Å². The van der Waals surface area contributed by atoms with E-state index in [1.54, 1.807) is 12.1 Å². The van der Waals surface area contributed by atoms with Crippen LogP contribution >= 0.6 is 10.7 Å². The topological polar surface area (TPSA) is 77.5 Å². The molecule has 0 spiro atoms. The fourth-order valence-electron chi connectivity index (χ4n) is 2.78. The van der Waals surface area contributed by atoms with Gasteiger partial charge in [-0.1, -0.05) is 24.3 Å². The fraction of sp³-hybridized carbons (Fsp3) is 0.0556. The lowest BCUT2D eigenvalue weighted by molar-refractivity contribution is 0.479. The Bertz CT molecular complexity index is 1080. The minimum Gasteiger partial charge on any atom is -0.506 e. The maximum Gasteiger partial charge on any atom is 0.263 e. The highest BCUT2D eigenvalue weighted by Gasteiger charge is 2.22. The van der Waals surface area contributed by atoms with Crippen LogP contribution in [0.2, 0.25) is 0 Å². The van der Waals surface area contributed by atoms with Crippen LogP contribution in [0, 0.1) is 0 Å². The van der Waals surface area contributed by atoms with Gasteiger partial charge in [-0.2, -0.15) is 0 Å². The average molecular weight is 337 g/mol. The van der Waals surface area contributed by atoms with Crippen molar-refractivity contribution in [3.05, 3.63) is 64.4 Å². The molecule has 0 radical (unpaired) electrons. The van der Waals surface area contributed by atoms with E-state index in [0.29, 0.717) is 16.7 Å². The van der Waals surface area contributed by atoms with Crippen molar-refractivity contribution < 1.29 is 5.11 Å². The maximum atomic E-state index is 12.5. The first-order chi connectivity index (χ1) is 11.7. The summed E-state index contributed by atoms with van der Waals surface area (Å²) in [4.78, 5) is 16.4. The van der Waals surface area contributed by atoms with Gasteiger partial charge in [0.05, 0.1) is 11.2 Å². The summed E-state index contributed by atoms with van der Waals surface area (Å²) in [6.07, 6.45) is 0. The average Bonchev–Trinajstić information content (AvgIpc) is 2.61. The van der Waals surface area contributed by atoms with Gasteiger partial charge in [-0.25, -0.2) is 4.40 Å². The normalized spacial score (nSPS) is 16.5. The van der Waals surface area contributed by atoms with E-state index >= 15 is 0 Å². The summed E-state index contributed by atoms with van der Waals surface area (Å²) < 4.78 is 4.64. The number of aromatic amines is 1. The largest absolute Gasteiger partial charge is 0.506 e. The second kappa shape index (κ2) is 5.65. The van der Waals surface area contributed by atoms with Crippen LogP contribution < -0.4 is 10.9 Å². The number of pyridine rings is 1. The molecular formula is C18H15N3O2S. The molecule has 1 atom stereocenters. The quantitative estimate of drug-likeness (QED) is 0.595. The van der Waals surface area contributed by atoms with Gasteiger partial charge in [-0.3, -0.25) is 4.79 Å². The van der Waals surface area contributed by atoms with Crippen LogP contribution in [0.15, 0.2) is 62.6 Å². The number of H-pyrrole nitrogens is 1. The number of aromatic nitrogens is 1. The third-order valence-corrected chi connectivity index (χ3v) is 5.54. The van der Waals surface area contributed by atoms with Gasteiger partial charge in [0.25, 0.3) is 5.56 Å². The highest BCUT2D eigenvalue weighted by atomic mass is 32.2. The second-order valence-corrected chi connectivity index (χ2v) is 7.06. The van der Waals surface area contributed by atoms with Crippen LogP contribution in [0.4, 0.5) is 5.69 Å². The standard InChI is InChI=1S/C18H15N3O2S/c1-2-24-14-10-6-5-9-13(14)19-17(21-24)15-16(22)11-7-3-4-8-12(11)20-18(15)23/h2-10H,1H3,(H,19,21)(H2,20,22,23). The van der Waals surface area contributed by atoms with Crippen molar-refractivity contribution in [1.82, 2.24) is 4.98 Å². The molecule has 4 rings (SSSR count). The van der Waals surface area contributed by atoms with Gasteiger partial charge in [0.15, 0.2) is 5.84 Å². The Balaban J connectivity index is 1.96. The van der Waals surface area contributed by atoms with Gasteiger partial charge in [0.1, 0.15) is 11.3 Å². The molecule has 3 N–H and O–H groups in total. The van der Waals surface area contributed by atoms with Crippen molar-refractivity contribution in [3.8, 4) is 5.75 Å². The summed E-state index contributed by atoms with van der Waals surface area (Å²) in [5.74, 6) is 0.333. The number of aromatic hydroxyl groups is 1. The van der Waals surface area contributed by atoms with Crippen LogP contribution in [0.25, 0.3) is 10.9 Å². The van der Waals surface area contributed by atoms with Gasteiger partial charge in [0.2, 0.25) is 0 Å². The van der Waals surface area contributed by atoms with Crippen LogP contribution in [0.5, 0.6) is 5.75 Å². The molecule has 1 unspecified atom stereocenters. The molecule has 1 aliphatic rings. The van der Waals surface area contributed by atoms with Crippen LogP contribution in [0.1, 0.15) is 12.5 Å². The third-order valence-electron chi connectivity index (χ3n) is 3.91. The van der Waals surface area contributed by atoms with E-state index in [2.05, 4.69) is 14.7 Å². The fourth-order valence-corrected chi connectivity index (χ4v) is 4.14. The maximum absolute atomic E-state index is 12.5. The molecule has 6 heteroatoms. The predicted octanol–water partition coefficient (Wildman–Crippen LogP) is 3.47. The molecule has 2 aromatic carbocycles. The smallest absolute Gasteiger partial charge is 0.263 e. The number of benzene rings is 2. The predicted molar refractivity (Wildman–Crippen MR) is 100 cm³/mol. The zero-order valence-corrected chi connectivity index (χ0v) is 13.7. The van der Waals surface area contributed by atoms with Crippen LogP contribution in [0.3, 0.4) is 0 Å². The molecule has 3 aromatic rings. The number of fused-ring (bicyclic) bond motifs is 2. The Hall–Kier alpha value is -2.86. The van der Waals surface area contributed by atoms with Crippen molar-refractivity contribution in [1.29, 1.82) is 0 Å². The van der Waals surface area contributed by atoms with E-state index in [9.17, 15) is 9.90 Å². The minimum absolute atomic E-state index is 0.0559. The van der Waals surface area contributed by atoms with Crippen molar-refractivity contribution >= 4 is 38.5 Å². The number of amidine groups is 1. The lowest BCUT2D eigenvalue weighted by Gasteiger charge is -2.21. The van der Waals surface area contributed by atoms with Crippen molar-refractivity contribution in [2.24, 2.45) is 4.40 Å². The molecule has 5 nitrogen and oxygen atoms in total. The zero-order chi connectivity index (χ0) is 16.7. The van der Waals surface area contributed by atoms with Gasteiger partial charge in [-0.15, -0.1) is 0 Å². The minimum atomic E-state index is -0.471. The highest BCUT2D eigenvalue weighted by molar-refractivity contribution is 8.14. The summed E-state index contributed by atoms with van der Waals surface area (Å²) in [5.41, 5.74) is 1.30. The Labute approximate surface area is 140 Å². The Morgan fingerprint density at radius 3 is 2.71 bits per heavy atom. The molecule has 0 saturated heterocycles. The third kappa shape index (κ3) is 2.23. The molecule has 120 valence electrons. The molecule has 0 aliphatic carbocycles. The van der Waals surface area contributed by atoms with Gasteiger partial charge in [-0.05, 0) is 47.2 Å². The summed E-state index contributed by atoms with van der Waals surface area (Å²) in [6, 6.07) is 15.0. The van der Waals surface area contributed by atoms with Crippen molar-refractivity contribution in [2.75, 3.05) is 5.32 Å². The number of hydrogen-bond donors (Lipinski definition) is 3. The summed E-state index contributed by atoms with van der Waals surface area (Å²) in [6.45, 7) is 1.94.